The first-order chi connectivity index (χ1) is 35.5. The molecule has 0 N–H and O–H groups in total. The molecule has 0 aliphatic heterocycles. The van der Waals surface area contributed by atoms with Crippen LogP contribution < -0.4 is 0 Å². The van der Waals surface area contributed by atoms with Gasteiger partial charge in [-0.25, -0.2) is 0 Å². The van der Waals surface area contributed by atoms with Crippen LogP contribution in [0.15, 0.2) is 158 Å². The molecular weight excluding hydrogens is 889 g/mol. The molecule has 0 aromatic carbocycles. The molecule has 0 fully saturated rings. The van der Waals surface area contributed by atoms with Crippen molar-refractivity contribution in [2.75, 3.05) is 13.2 Å². The van der Waals surface area contributed by atoms with Gasteiger partial charge in [-0.15, -0.1) is 0 Å². The van der Waals surface area contributed by atoms with Crippen molar-refractivity contribution in [3.63, 3.8) is 0 Å². The molecule has 0 spiro atoms. The van der Waals surface area contributed by atoms with Crippen LogP contribution in [0.4, 0.5) is 0 Å². The summed E-state index contributed by atoms with van der Waals surface area (Å²) in [6, 6.07) is 0. The van der Waals surface area contributed by atoms with E-state index in [2.05, 4.69) is 179 Å². The molecule has 0 aliphatic carbocycles. The summed E-state index contributed by atoms with van der Waals surface area (Å²) in [7, 11) is 0. The number of ether oxygens (including phenoxy) is 3. The van der Waals surface area contributed by atoms with Crippen molar-refractivity contribution in [1.29, 1.82) is 0 Å². The van der Waals surface area contributed by atoms with E-state index in [4.69, 9.17) is 14.2 Å². The van der Waals surface area contributed by atoms with Gasteiger partial charge < -0.3 is 14.2 Å². The fraction of sp³-hybridized carbons (Fsp3) is 0.561. The molecule has 6 nitrogen and oxygen atoms in total. The number of rotatable bonds is 49. The Hall–Kier alpha value is -4.97. The van der Waals surface area contributed by atoms with Crippen LogP contribution in [0.5, 0.6) is 0 Å². The maximum absolute atomic E-state index is 12.8. The van der Waals surface area contributed by atoms with Crippen LogP contribution in [0.1, 0.15) is 220 Å². The third-order valence-corrected chi connectivity index (χ3v) is 11.3. The second-order valence-electron chi connectivity index (χ2n) is 18.1. The molecule has 0 aliphatic rings. The van der Waals surface area contributed by atoms with Crippen molar-refractivity contribution < 1.29 is 28.6 Å². The van der Waals surface area contributed by atoms with Gasteiger partial charge in [-0.3, -0.25) is 14.4 Å². The molecule has 0 bridgehead atoms. The number of carbonyl (C=O) groups is 3. The molecule has 6 heteroatoms. The fourth-order valence-electron chi connectivity index (χ4n) is 7.08. The van der Waals surface area contributed by atoms with Gasteiger partial charge in [-0.1, -0.05) is 237 Å². The SMILES string of the molecule is CC/C=C\C/C=C\C/C=C\C/C=C\C/C=C\C/C=C\C/C=C\CCCC(=O)OC(COC(=O)CCCCCCCC)COC(=O)CCCCCCCC/C=C\C/C=C\C/C=C\C/C=C\C/C=C\C/C=C\CC. The summed E-state index contributed by atoms with van der Waals surface area (Å²) in [4.78, 5) is 37.9. The largest absolute Gasteiger partial charge is 0.462 e. The highest BCUT2D eigenvalue weighted by Gasteiger charge is 2.19. The van der Waals surface area contributed by atoms with Crippen LogP contribution in [-0.2, 0) is 28.6 Å². The molecule has 0 amide bonds. The van der Waals surface area contributed by atoms with E-state index >= 15 is 0 Å². The number of esters is 3. The summed E-state index contributed by atoms with van der Waals surface area (Å²) in [5.41, 5.74) is 0. The zero-order valence-corrected chi connectivity index (χ0v) is 45.9. The van der Waals surface area contributed by atoms with Crippen molar-refractivity contribution >= 4 is 17.9 Å². The lowest BCUT2D eigenvalue weighted by Crippen LogP contribution is -2.30. The summed E-state index contributed by atoms with van der Waals surface area (Å²) in [6.45, 7) is 6.27. The average molecular weight is 992 g/mol. The van der Waals surface area contributed by atoms with E-state index in [1.54, 1.807) is 0 Å². The Morgan fingerprint density at radius 1 is 0.292 bits per heavy atom. The van der Waals surface area contributed by atoms with Crippen molar-refractivity contribution in [2.24, 2.45) is 0 Å². The highest BCUT2D eigenvalue weighted by atomic mass is 16.6. The second-order valence-corrected chi connectivity index (χ2v) is 18.1. The van der Waals surface area contributed by atoms with Gasteiger partial charge in [0.2, 0.25) is 0 Å². The predicted octanol–water partition coefficient (Wildman–Crippen LogP) is 19.4. The maximum atomic E-state index is 12.8. The Labute approximate surface area is 441 Å². The van der Waals surface area contributed by atoms with Gasteiger partial charge in [-0.05, 0) is 122 Å². The summed E-state index contributed by atoms with van der Waals surface area (Å²) >= 11 is 0. The smallest absolute Gasteiger partial charge is 0.306 e. The Kier molecular flexibility index (Phi) is 54.6. The van der Waals surface area contributed by atoms with E-state index in [9.17, 15) is 14.4 Å². The first-order valence-electron chi connectivity index (χ1n) is 28.5. The quantitative estimate of drug-likeness (QED) is 0.0262. The molecule has 0 radical (unpaired) electrons. The van der Waals surface area contributed by atoms with Gasteiger partial charge in [-0.2, -0.15) is 0 Å². The van der Waals surface area contributed by atoms with Gasteiger partial charge >= 0.3 is 17.9 Å². The minimum absolute atomic E-state index is 0.113. The minimum atomic E-state index is -0.820. The third-order valence-electron chi connectivity index (χ3n) is 11.3. The molecule has 0 rings (SSSR count). The third kappa shape index (κ3) is 56.0. The van der Waals surface area contributed by atoms with Crippen molar-refractivity contribution in [2.45, 2.75) is 226 Å². The molecule has 402 valence electrons. The van der Waals surface area contributed by atoms with E-state index in [0.29, 0.717) is 19.3 Å². The van der Waals surface area contributed by atoms with E-state index < -0.39 is 6.10 Å². The van der Waals surface area contributed by atoms with E-state index in [0.717, 1.165) is 141 Å². The number of carbonyl (C=O) groups excluding carboxylic acids is 3. The number of hydrogen-bond acceptors (Lipinski definition) is 6. The monoisotopic (exact) mass is 991 g/mol. The first-order valence-corrected chi connectivity index (χ1v) is 28.5. The van der Waals surface area contributed by atoms with E-state index in [-0.39, 0.29) is 37.5 Å². The van der Waals surface area contributed by atoms with Crippen LogP contribution in [0, 0.1) is 0 Å². The zero-order chi connectivity index (χ0) is 52.2. The Bertz CT molecular complexity index is 1660. The predicted molar refractivity (Wildman–Crippen MR) is 311 cm³/mol. The minimum Gasteiger partial charge on any atom is -0.462 e. The second kappa shape index (κ2) is 58.6. The van der Waals surface area contributed by atoms with Crippen LogP contribution in [0.25, 0.3) is 0 Å². The molecule has 0 aromatic rings. The van der Waals surface area contributed by atoms with Gasteiger partial charge in [0.15, 0.2) is 6.10 Å². The molecule has 0 aromatic heterocycles. The summed E-state index contributed by atoms with van der Waals surface area (Å²) < 4.78 is 16.7. The van der Waals surface area contributed by atoms with E-state index in [1.807, 2.05) is 0 Å². The van der Waals surface area contributed by atoms with Crippen LogP contribution >= 0.6 is 0 Å². The van der Waals surface area contributed by atoms with Gasteiger partial charge in [0.25, 0.3) is 0 Å². The van der Waals surface area contributed by atoms with Crippen LogP contribution in [0.2, 0.25) is 0 Å². The molecule has 0 saturated carbocycles. The molecule has 0 saturated heterocycles. The van der Waals surface area contributed by atoms with E-state index in [1.165, 1.54) is 32.1 Å². The van der Waals surface area contributed by atoms with Gasteiger partial charge in [0.05, 0.1) is 0 Å². The first kappa shape index (κ1) is 67.0. The van der Waals surface area contributed by atoms with Gasteiger partial charge in [0, 0.05) is 19.3 Å². The van der Waals surface area contributed by atoms with Crippen molar-refractivity contribution in [3.8, 4) is 0 Å². The Morgan fingerprint density at radius 3 is 0.889 bits per heavy atom. The normalized spacial score (nSPS) is 13.3. The average Bonchev–Trinajstić information content (AvgIpc) is 3.38. The summed E-state index contributed by atoms with van der Waals surface area (Å²) in [5, 5.41) is 0. The molecule has 1 atom stereocenters. The number of allylic oxidation sites excluding steroid dienone is 26. The topological polar surface area (TPSA) is 78.9 Å². The maximum Gasteiger partial charge on any atom is 0.306 e. The Balaban J connectivity index is 4.34. The molecule has 0 heterocycles. The van der Waals surface area contributed by atoms with Crippen molar-refractivity contribution in [1.82, 2.24) is 0 Å². The number of unbranched alkanes of at least 4 members (excludes halogenated alkanes) is 12. The Morgan fingerprint density at radius 2 is 0.556 bits per heavy atom. The van der Waals surface area contributed by atoms with Crippen LogP contribution in [-0.4, -0.2) is 37.2 Å². The molecule has 1 unspecified atom stereocenters. The standard InChI is InChI=1S/C66H102O6/c1-4-7-10-13-16-18-20-22-24-26-28-30-32-33-35-36-38-40-42-44-46-48-50-53-56-59-65(68)71-62-63(61-70-64(67)58-55-52-15-12-9-6-3)72-66(69)60-57-54-51-49-47-45-43-41-39-37-34-31-29-27-25-23-21-19-17-14-11-8-5-2/h7-8,10-11,16-19,22-25,28-31,33,35,37-40,43,45,49,51,63H,4-6,9,12-15,20-21,26-27,32,34,36,41-42,44,46-48,50,52-62H2,1-3H3/b10-7-,11-8-,18-16-,19-17-,24-22-,25-23-,30-28-,31-29-,35-33-,39-37-,40-38-,45-43-,51-49-. The summed E-state index contributed by atoms with van der Waals surface area (Å²) in [6.07, 6.45) is 85.5. The number of hydrogen-bond donors (Lipinski definition) is 0. The van der Waals surface area contributed by atoms with Crippen LogP contribution in [0.3, 0.4) is 0 Å². The molecular formula is C66H102O6. The van der Waals surface area contributed by atoms with Gasteiger partial charge in [0.1, 0.15) is 13.2 Å². The van der Waals surface area contributed by atoms with Crippen molar-refractivity contribution in [3.05, 3.63) is 158 Å². The highest BCUT2D eigenvalue weighted by molar-refractivity contribution is 5.71. The lowest BCUT2D eigenvalue weighted by atomic mass is 10.1. The summed E-state index contributed by atoms with van der Waals surface area (Å²) in [5.74, 6) is -1.01. The highest BCUT2D eigenvalue weighted by Crippen LogP contribution is 2.12. The lowest BCUT2D eigenvalue weighted by molar-refractivity contribution is -0.167. The zero-order valence-electron chi connectivity index (χ0n) is 45.9. The fourth-order valence-corrected chi connectivity index (χ4v) is 7.08. The molecule has 72 heavy (non-hydrogen) atoms. The lowest BCUT2D eigenvalue weighted by Gasteiger charge is -2.18.